The van der Waals surface area contributed by atoms with Crippen LogP contribution in [0.5, 0.6) is 5.75 Å². The van der Waals surface area contributed by atoms with E-state index in [1.807, 2.05) is 6.20 Å². The van der Waals surface area contributed by atoms with Gasteiger partial charge in [0.25, 0.3) is 5.91 Å². The van der Waals surface area contributed by atoms with Crippen molar-refractivity contribution < 1.29 is 24.2 Å². The summed E-state index contributed by atoms with van der Waals surface area (Å²) in [6.45, 7) is 2.36. The molecule has 0 saturated heterocycles. The molecule has 3 aliphatic carbocycles. The van der Waals surface area contributed by atoms with Crippen LogP contribution in [0, 0.1) is 5.92 Å². The number of ether oxygens (including phenoxy) is 1. The van der Waals surface area contributed by atoms with Gasteiger partial charge in [-0.2, -0.15) is 0 Å². The Bertz CT molecular complexity index is 2200. The molecule has 0 radical (unpaired) electrons. The number of hydrogen-bond acceptors (Lipinski definition) is 4. The Morgan fingerprint density at radius 1 is 0.981 bits per heavy atom. The van der Waals surface area contributed by atoms with Crippen molar-refractivity contribution in [2.24, 2.45) is 5.92 Å². The number of rotatable bonds is 8. The molecule has 3 saturated carbocycles. The highest BCUT2D eigenvalue weighted by molar-refractivity contribution is 6.04. The number of nitrogens with one attached hydrogen (secondary N) is 3. The van der Waals surface area contributed by atoms with Gasteiger partial charge >= 0.3 is 5.97 Å². The number of amides is 2. The molecule has 52 heavy (non-hydrogen) atoms. The second-order valence-corrected chi connectivity index (χ2v) is 15.4. The molecule has 0 bridgehead atoms. The molecule has 2 aromatic carbocycles. The number of benzene rings is 2. The molecule has 0 spiro atoms. The fraction of sp³-hybridized carbons (Fsp3) is 0.419. The summed E-state index contributed by atoms with van der Waals surface area (Å²) in [6.07, 6.45) is 18.7. The molecular weight excluding hydrogens is 652 g/mol. The Labute approximate surface area is 303 Å². The number of methoxy groups -OCH3 is 1. The average Bonchev–Trinajstić information content (AvgIpc) is 3.88. The van der Waals surface area contributed by atoms with Crippen molar-refractivity contribution in [3.8, 4) is 5.75 Å². The van der Waals surface area contributed by atoms with Gasteiger partial charge in [-0.05, 0) is 104 Å². The normalized spacial score (nSPS) is 21.2. The summed E-state index contributed by atoms with van der Waals surface area (Å²) in [4.78, 5) is 43.0. The number of nitrogens with zero attached hydrogens (tertiary/aromatic N) is 1. The van der Waals surface area contributed by atoms with Crippen molar-refractivity contribution in [2.45, 2.75) is 101 Å². The van der Waals surface area contributed by atoms with Crippen LogP contribution in [0.15, 0.2) is 54.7 Å². The summed E-state index contributed by atoms with van der Waals surface area (Å²) < 4.78 is 8.35. The van der Waals surface area contributed by atoms with Gasteiger partial charge in [0, 0.05) is 51.7 Å². The van der Waals surface area contributed by atoms with E-state index in [4.69, 9.17) is 9.84 Å². The summed E-state index contributed by atoms with van der Waals surface area (Å²) in [6, 6.07) is 13.8. The monoisotopic (exact) mass is 700 g/mol. The number of hydrogen-bond donors (Lipinski definition) is 4. The number of aliphatic carboxylic acids is 1. The van der Waals surface area contributed by atoms with E-state index < -0.39 is 11.5 Å². The zero-order valence-corrected chi connectivity index (χ0v) is 30.1. The molecule has 9 nitrogen and oxygen atoms in total. The zero-order valence-electron chi connectivity index (χ0n) is 30.1. The fourth-order valence-electron chi connectivity index (χ4n) is 9.61. The van der Waals surface area contributed by atoms with Crippen LogP contribution in [0.3, 0.4) is 0 Å². The van der Waals surface area contributed by atoms with Gasteiger partial charge in [0.2, 0.25) is 5.91 Å². The van der Waals surface area contributed by atoms with Crippen molar-refractivity contribution in [3.63, 3.8) is 0 Å². The van der Waals surface area contributed by atoms with E-state index in [9.17, 15) is 14.4 Å². The Morgan fingerprint density at radius 3 is 2.48 bits per heavy atom. The van der Waals surface area contributed by atoms with E-state index in [1.54, 1.807) is 31.4 Å². The number of aromatic nitrogens is 2. The molecule has 4 aromatic rings. The van der Waals surface area contributed by atoms with Gasteiger partial charge in [0.05, 0.1) is 18.2 Å². The van der Waals surface area contributed by atoms with Gasteiger partial charge in [-0.25, -0.2) is 4.79 Å². The first kappa shape index (κ1) is 34.1. The predicted octanol–water partition coefficient (Wildman–Crippen LogP) is 7.16. The van der Waals surface area contributed by atoms with Crippen molar-refractivity contribution >= 4 is 52.2 Å². The third-order valence-electron chi connectivity index (χ3n) is 12.2. The van der Waals surface area contributed by atoms with Crippen LogP contribution in [0.25, 0.3) is 28.8 Å². The third-order valence-corrected chi connectivity index (χ3v) is 12.2. The minimum absolute atomic E-state index is 0.204. The lowest BCUT2D eigenvalue weighted by Gasteiger charge is -2.31. The maximum absolute atomic E-state index is 14.5. The summed E-state index contributed by atoms with van der Waals surface area (Å²) >= 11 is 0. The van der Waals surface area contributed by atoms with Crippen LogP contribution in [0.2, 0.25) is 0 Å². The average molecular weight is 701 g/mol. The maximum Gasteiger partial charge on any atom is 0.328 e. The fourth-order valence-corrected chi connectivity index (χ4v) is 9.61. The minimum Gasteiger partial charge on any atom is -0.496 e. The molecular formula is C43H48N4O5. The molecule has 3 fully saturated rings. The smallest absolute Gasteiger partial charge is 0.328 e. The molecule has 2 amide bonds. The first-order valence-electron chi connectivity index (χ1n) is 19.1. The van der Waals surface area contributed by atoms with Crippen molar-refractivity contribution in [2.75, 3.05) is 12.4 Å². The number of carbonyl (C=O) groups is 3. The molecule has 270 valence electrons. The molecule has 9 heteroatoms. The van der Waals surface area contributed by atoms with Crippen LogP contribution in [0.1, 0.15) is 123 Å². The number of carboxylic acid groups (broad SMARTS) is 1. The van der Waals surface area contributed by atoms with Crippen LogP contribution in [-0.4, -0.2) is 45.1 Å². The van der Waals surface area contributed by atoms with Crippen LogP contribution in [-0.2, 0) is 9.59 Å². The van der Waals surface area contributed by atoms with Crippen molar-refractivity contribution in [3.05, 3.63) is 87.7 Å². The number of anilines is 1. The van der Waals surface area contributed by atoms with E-state index in [1.165, 1.54) is 60.5 Å². The lowest BCUT2D eigenvalue weighted by molar-refractivity contribution is -0.131. The van der Waals surface area contributed by atoms with Gasteiger partial charge < -0.3 is 30.0 Å². The molecule has 4 N–H and O–H groups in total. The van der Waals surface area contributed by atoms with E-state index in [-0.39, 0.29) is 17.7 Å². The second-order valence-electron chi connectivity index (χ2n) is 15.4. The Hall–Kier alpha value is -5.05. The molecule has 1 aliphatic heterocycles. The standard InChI is InChI=1S/C43H48N4O5/c1-26-9-8-12-31-38(26)35-23-32-36(52-2)19-18-30(28-10-4-3-5-11-28)40(32)47(35)25-34-33(24-44-39(31)34)41(50)46-43(21-6-7-22-43)42(51)45-29-16-13-27(14-17-29)15-20-37(48)49/h13-20,23-26,28,38,44H,3-12,21-22H2,1-2H3,(H,45,51)(H,46,50)(H,48,49)/b20-15+/t26?,38-/m0/s1. The lowest BCUT2D eigenvalue weighted by Crippen LogP contribution is -2.55. The van der Waals surface area contributed by atoms with Crippen LogP contribution >= 0.6 is 0 Å². The largest absolute Gasteiger partial charge is 0.496 e. The molecule has 8 rings (SSSR count). The first-order valence-corrected chi connectivity index (χ1v) is 19.1. The van der Waals surface area contributed by atoms with Gasteiger partial charge in [-0.1, -0.05) is 57.2 Å². The molecule has 1 unspecified atom stereocenters. The van der Waals surface area contributed by atoms with Gasteiger partial charge in [-0.15, -0.1) is 0 Å². The van der Waals surface area contributed by atoms with E-state index >= 15 is 0 Å². The molecule has 4 aliphatic rings. The van der Waals surface area contributed by atoms with Gasteiger partial charge in [0.15, 0.2) is 0 Å². The molecule has 2 aromatic heterocycles. The third kappa shape index (κ3) is 6.03. The number of H-pyrrole nitrogens is 1. The number of aromatic amines is 1. The first-order chi connectivity index (χ1) is 25.3. The van der Waals surface area contributed by atoms with Gasteiger partial charge in [0.1, 0.15) is 11.3 Å². The van der Waals surface area contributed by atoms with Gasteiger partial charge in [-0.3, -0.25) is 9.59 Å². The summed E-state index contributed by atoms with van der Waals surface area (Å²) in [7, 11) is 1.75. The summed E-state index contributed by atoms with van der Waals surface area (Å²) in [5, 5.41) is 18.3. The highest BCUT2D eigenvalue weighted by Gasteiger charge is 2.43. The number of carboxylic acids is 1. The number of fused-ring (bicyclic) bond motifs is 6. The summed E-state index contributed by atoms with van der Waals surface area (Å²) in [5.41, 5.74) is 5.95. The SMILES string of the molecule is COc1ccc(C2CCCCC2)c2c1cc1n2C=c2c(C(=O)NC3(C(=O)Nc4ccc(/C=C/C(=O)O)cc4)CCCC3)c[nH]c2=C2CCCC(C)[C@@H]21. The second kappa shape index (κ2) is 13.8. The van der Waals surface area contributed by atoms with Crippen LogP contribution in [0.4, 0.5) is 5.69 Å². The topological polar surface area (TPSA) is 125 Å². The Morgan fingerprint density at radius 2 is 1.75 bits per heavy atom. The maximum atomic E-state index is 14.5. The van der Waals surface area contributed by atoms with E-state index in [0.717, 1.165) is 59.9 Å². The van der Waals surface area contributed by atoms with E-state index in [2.05, 4.69) is 51.5 Å². The highest BCUT2D eigenvalue weighted by Crippen LogP contribution is 2.47. The predicted molar refractivity (Wildman–Crippen MR) is 204 cm³/mol. The quantitative estimate of drug-likeness (QED) is 0.145. The summed E-state index contributed by atoms with van der Waals surface area (Å²) in [5.74, 6) is 0.477. The van der Waals surface area contributed by atoms with Crippen molar-refractivity contribution in [1.29, 1.82) is 0 Å². The highest BCUT2D eigenvalue weighted by atomic mass is 16.5. The lowest BCUT2D eigenvalue weighted by atomic mass is 9.75. The van der Waals surface area contributed by atoms with E-state index in [0.29, 0.717) is 41.5 Å². The Kier molecular flexibility index (Phi) is 9.05. The molecule has 2 atom stereocenters. The zero-order chi connectivity index (χ0) is 36.0. The number of carbonyl (C=O) groups excluding carboxylic acids is 2. The van der Waals surface area contributed by atoms with Crippen LogP contribution < -0.4 is 25.9 Å². The minimum atomic E-state index is -1.05. The Balaban J connectivity index is 1.20. The molecule has 3 heterocycles. The van der Waals surface area contributed by atoms with Crippen molar-refractivity contribution in [1.82, 2.24) is 14.9 Å².